The molecule has 1 heterocycles. The monoisotopic (exact) mass is 299 g/mol. The first-order valence-electron chi connectivity index (χ1n) is 7.75. The maximum Gasteiger partial charge on any atom is 0.317 e. The number of urea groups is 1. The van der Waals surface area contributed by atoms with Crippen molar-refractivity contribution in [2.45, 2.75) is 45.6 Å². The minimum atomic E-state index is -0.717. The number of piperidine rings is 1. The highest BCUT2D eigenvalue weighted by molar-refractivity contribution is 5.77. The normalized spacial score (nSPS) is 19.4. The Kier molecular flexibility index (Phi) is 6.45. The van der Waals surface area contributed by atoms with E-state index in [9.17, 15) is 14.7 Å². The van der Waals surface area contributed by atoms with Crippen LogP contribution in [0.5, 0.6) is 0 Å². The summed E-state index contributed by atoms with van der Waals surface area (Å²) in [6.07, 6.45) is 2.65. The van der Waals surface area contributed by atoms with E-state index in [1.165, 1.54) is 0 Å². The fourth-order valence-electron chi connectivity index (χ4n) is 2.72. The lowest BCUT2D eigenvalue weighted by atomic mass is 9.75. The third kappa shape index (κ3) is 4.59. The van der Waals surface area contributed by atoms with Gasteiger partial charge in [0, 0.05) is 25.7 Å². The quantitative estimate of drug-likeness (QED) is 0.781. The van der Waals surface area contributed by atoms with Crippen LogP contribution in [-0.2, 0) is 4.79 Å². The van der Waals surface area contributed by atoms with Crippen LogP contribution in [0.3, 0.4) is 0 Å². The molecule has 2 N–H and O–H groups in total. The van der Waals surface area contributed by atoms with E-state index < -0.39 is 11.4 Å². The van der Waals surface area contributed by atoms with Gasteiger partial charge in [-0.2, -0.15) is 0 Å². The van der Waals surface area contributed by atoms with Gasteiger partial charge in [-0.15, -0.1) is 0 Å². The highest BCUT2D eigenvalue weighted by Crippen LogP contribution is 2.36. The second-order valence-corrected chi connectivity index (χ2v) is 6.32. The van der Waals surface area contributed by atoms with Crippen LogP contribution in [0.1, 0.15) is 39.5 Å². The molecule has 122 valence electrons. The van der Waals surface area contributed by atoms with Crippen LogP contribution in [0.25, 0.3) is 0 Å². The van der Waals surface area contributed by atoms with Gasteiger partial charge in [-0.25, -0.2) is 4.79 Å². The summed E-state index contributed by atoms with van der Waals surface area (Å²) in [6, 6.07) is 0.191. The molecule has 0 spiro atoms. The maximum absolute atomic E-state index is 12.1. The third-order valence-electron chi connectivity index (χ3n) is 4.62. The summed E-state index contributed by atoms with van der Waals surface area (Å²) in [6.45, 7) is 5.70. The van der Waals surface area contributed by atoms with E-state index >= 15 is 0 Å². The van der Waals surface area contributed by atoms with Crippen LogP contribution >= 0.6 is 0 Å². The second-order valence-electron chi connectivity index (χ2n) is 6.32. The van der Waals surface area contributed by atoms with Crippen LogP contribution in [0.15, 0.2) is 0 Å². The number of likely N-dealkylation sites (tertiary alicyclic amines) is 1. The number of likely N-dealkylation sites (N-methyl/N-ethyl adjacent to an activating group) is 1. The Balaban J connectivity index is 2.48. The van der Waals surface area contributed by atoms with E-state index in [-0.39, 0.29) is 12.1 Å². The summed E-state index contributed by atoms with van der Waals surface area (Å²) in [4.78, 5) is 27.4. The number of carboxylic acid groups (broad SMARTS) is 1. The SMILES string of the molecule is CCCC1(C(=O)O)CCN(C(=O)NCC(C)N(C)C)CC1. The van der Waals surface area contributed by atoms with Gasteiger partial charge in [0.25, 0.3) is 0 Å². The molecule has 0 aromatic rings. The van der Waals surface area contributed by atoms with Gasteiger partial charge in [0.05, 0.1) is 5.41 Å². The van der Waals surface area contributed by atoms with Gasteiger partial charge in [-0.05, 0) is 40.3 Å². The van der Waals surface area contributed by atoms with Gasteiger partial charge < -0.3 is 20.2 Å². The van der Waals surface area contributed by atoms with E-state index in [4.69, 9.17) is 0 Å². The predicted octanol–water partition coefficient (Wildman–Crippen LogP) is 1.61. The lowest BCUT2D eigenvalue weighted by molar-refractivity contribution is -0.152. The smallest absolute Gasteiger partial charge is 0.317 e. The minimum absolute atomic E-state index is 0.0841. The molecule has 0 aliphatic carbocycles. The summed E-state index contributed by atoms with van der Waals surface area (Å²) < 4.78 is 0. The fraction of sp³-hybridized carbons (Fsp3) is 0.867. The molecule has 6 nitrogen and oxygen atoms in total. The number of hydrogen-bond acceptors (Lipinski definition) is 3. The van der Waals surface area contributed by atoms with Crippen molar-refractivity contribution < 1.29 is 14.7 Å². The molecule has 0 radical (unpaired) electrons. The van der Waals surface area contributed by atoms with Crippen LogP contribution in [0.4, 0.5) is 4.79 Å². The molecule has 1 aliphatic rings. The Bertz CT molecular complexity index is 363. The molecule has 1 rings (SSSR count). The molecule has 1 saturated heterocycles. The van der Waals surface area contributed by atoms with Crippen LogP contribution in [0.2, 0.25) is 0 Å². The molecule has 0 bridgehead atoms. The van der Waals surface area contributed by atoms with Gasteiger partial charge in [-0.1, -0.05) is 13.3 Å². The average Bonchev–Trinajstić information content (AvgIpc) is 2.45. The van der Waals surface area contributed by atoms with Crippen molar-refractivity contribution in [1.82, 2.24) is 15.1 Å². The molecule has 2 amide bonds. The predicted molar refractivity (Wildman–Crippen MR) is 82.3 cm³/mol. The molecule has 1 aliphatic heterocycles. The van der Waals surface area contributed by atoms with Crippen molar-refractivity contribution in [3.8, 4) is 0 Å². The minimum Gasteiger partial charge on any atom is -0.481 e. The van der Waals surface area contributed by atoms with E-state index in [1.54, 1.807) is 4.90 Å². The lowest BCUT2D eigenvalue weighted by Crippen LogP contribution is -2.51. The number of rotatable bonds is 6. The summed E-state index contributed by atoms with van der Waals surface area (Å²) in [7, 11) is 3.95. The Morgan fingerprint density at radius 1 is 1.33 bits per heavy atom. The lowest BCUT2D eigenvalue weighted by Gasteiger charge is -2.39. The molecule has 21 heavy (non-hydrogen) atoms. The third-order valence-corrected chi connectivity index (χ3v) is 4.62. The number of nitrogens with zero attached hydrogens (tertiary/aromatic N) is 2. The Hall–Kier alpha value is -1.30. The average molecular weight is 299 g/mol. The van der Waals surface area contributed by atoms with Crippen molar-refractivity contribution in [2.75, 3.05) is 33.7 Å². The fourth-order valence-corrected chi connectivity index (χ4v) is 2.72. The second kappa shape index (κ2) is 7.64. The van der Waals surface area contributed by atoms with Crippen LogP contribution in [0, 0.1) is 5.41 Å². The molecule has 1 unspecified atom stereocenters. The summed E-state index contributed by atoms with van der Waals surface area (Å²) in [5, 5.41) is 12.4. The molecular weight excluding hydrogens is 270 g/mol. The largest absolute Gasteiger partial charge is 0.481 e. The Morgan fingerprint density at radius 2 is 1.90 bits per heavy atom. The zero-order valence-corrected chi connectivity index (χ0v) is 13.7. The van der Waals surface area contributed by atoms with Crippen molar-refractivity contribution in [1.29, 1.82) is 0 Å². The standard InChI is InChI=1S/C15H29N3O3/c1-5-6-15(13(19)20)7-9-18(10-8-15)14(21)16-11-12(2)17(3)4/h12H,5-11H2,1-4H3,(H,16,21)(H,19,20). The molecule has 0 aromatic carbocycles. The van der Waals surface area contributed by atoms with Gasteiger partial charge in [0.15, 0.2) is 0 Å². The molecule has 1 fully saturated rings. The van der Waals surface area contributed by atoms with Gasteiger partial charge in [0.1, 0.15) is 0 Å². The molecule has 0 saturated carbocycles. The zero-order valence-electron chi connectivity index (χ0n) is 13.7. The van der Waals surface area contributed by atoms with Crippen LogP contribution in [-0.4, -0.2) is 66.7 Å². The van der Waals surface area contributed by atoms with E-state index in [0.29, 0.717) is 38.9 Å². The maximum atomic E-state index is 12.1. The van der Waals surface area contributed by atoms with E-state index in [2.05, 4.69) is 5.32 Å². The number of carbonyl (C=O) groups is 2. The molecular formula is C15H29N3O3. The number of hydrogen-bond donors (Lipinski definition) is 2. The number of aliphatic carboxylic acids is 1. The first kappa shape index (κ1) is 17.8. The van der Waals surface area contributed by atoms with Crippen molar-refractivity contribution in [2.24, 2.45) is 5.41 Å². The van der Waals surface area contributed by atoms with Crippen molar-refractivity contribution in [3.63, 3.8) is 0 Å². The number of amides is 2. The van der Waals surface area contributed by atoms with Gasteiger partial charge in [0.2, 0.25) is 0 Å². The Morgan fingerprint density at radius 3 is 2.33 bits per heavy atom. The van der Waals surface area contributed by atoms with Gasteiger partial charge in [-0.3, -0.25) is 4.79 Å². The first-order chi connectivity index (χ1) is 9.82. The highest BCUT2D eigenvalue weighted by Gasteiger charge is 2.41. The topological polar surface area (TPSA) is 72.9 Å². The zero-order chi connectivity index (χ0) is 16.0. The van der Waals surface area contributed by atoms with E-state index in [1.807, 2.05) is 32.8 Å². The van der Waals surface area contributed by atoms with Crippen molar-refractivity contribution >= 4 is 12.0 Å². The van der Waals surface area contributed by atoms with E-state index in [0.717, 1.165) is 6.42 Å². The van der Waals surface area contributed by atoms with Crippen molar-refractivity contribution in [3.05, 3.63) is 0 Å². The summed E-state index contributed by atoms with van der Waals surface area (Å²) in [5.74, 6) is -0.717. The number of carboxylic acids is 1. The first-order valence-corrected chi connectivity index (χ1v) is 7.75. The molecule has 6 heteroatoms. The van der Waals surface area contributed by atoms with Crippen LogP contribution < -0.4 is 5.32 Å². The number of nitrogens with one attached hydrogen (secondary N) is 1. The Labute approximate surface area is 127 Å². The summed E-state index contributed by atoms with van der Waals surface area (Å²) >= 11 is 0. The highest BCUT2D eigenvalue weighted by atomic mass is 16.4. The summed E-state index contributed by atoms with van der Waals surface area (Å²) in [5.41, 5.74) is -0.636. The molecule has 0 aromatic heterocycles. The number of carbonyl (C=O) groups excluding carboxylic acids is 1. The molecule has 1 atom stereocenters. The van der Waals surface area contributed by atoms with Gasteiger partial charge >= 0.3 is 12.0 Å².